The van der Waals surface area contributed by atoms with Gasteiger partial charge in [0.05, 0.1) is 6.67 Å². The van der Waals surface area contributed by atoms with Crippen molar-refractivity contribution >= 4 is 0 Å². The van der Waals surface area contributed by atoms with Gasteiger partial charge in [0.2, 0.25) is 0 Å². The van der Waals surface area contributed by atoms with Gasteiger partial charge in [-0.25, -0.2) is 0 Å². The molecule has 1 aliphatic heterocycles. The number of hydrogen-bond donors (Lipinski definition) is 0. The van der Waals surface area contributed by atoms with Gasteiger partial charge in [-0.05, 0) is 12.8 Å². The number of nitrogens with zero attached hydrogens (tertiary/aromatic N) is 2. The predicted octanol–water partition coefficient (Wildman–Crippen LogP) is 2.63. The highest BCUT2D eigenvalue weighted by Crippen LogP contribution is 2.08. The average Bonchev–Trinajstić information content (AvgIpc) is 2.59. The van der Waals surface area contributed by atoms with Crippen LogP contribution in [0.1, 0.15) is 39.5 Å². The van der Waals surface area contributed by atoms with Crippen LogP contribution in [0.25, 0.3) is 0 Å². The Labute approximate surface area is 82.2 Å². The summed E-state index contributed by atoms with van der Waals surface area (Å²) in [7, 11) is 0. The van der Waals surface area contributed by atoms with E-state index in [9.17, 15) is 0 Å². The van der Waals surface area contributed by atoms with Gasteiger partial charge in [-0.1, -0.05) is 26.7 Å². The van der Waals surface area contributed by atoms with Crippen molar-refractivity contribution in [2.75, 3.05) is 19.8 Å². The molecule has 1 aliphatic rings. The van der Waals surface area contributed by atoms with Crippen LogP contribution in [0, 0.1) is 0 Å². The van der Waals surface area contributed by atoms with Gasteiger partial charge in [0.1, 0.15) is 0 Å². The van der Waals surface area contributed by atoms with Crippen molar-refractivity contribution in [1.29, 1.82) is 0 Å². The number of unbranched alkanes of at least 4 members (excludes halogenated alkanes) is 2. The Kier molecular flexibility index (Phi) is 4.73. The lowest BCUT2D eigenvalue weighted by molar-refractivity contribution is 0.260. The van der Waals surface area contributed by atoms with Gasteiger partial charge in [-0.2, -0.15) is 0 Å². The minimum absolute atomic E-state index is 1.11. The maximum atomic E-state index is 2.40. The van der Waals surface area contributed by atoms with E-state index < -0.39 is 0 Å². The first-order valence-electron chi connectivity index (χ1n) is 5.53. The highest BCUT2D eigenvalue weighted by atomic mass is 15.3. The van der Waals surface area contributed by atoms with E-state index in [2.05, 4.69) is 36.0 Å². The van der Waals surface area contributed by atoms with Crippen LogP contribution < -0.4 is 0 Å². The summed E-state index contributed by atoms with van der Waals surface area (Å²) in [4.78, 5) is 4.80. The molecule has 2 heteroatoms. The van der Waals surface area contributed by atoms with Crippen LogP contribution in [-0.4, -0.2) is 29.6 Å². The monoisotopic (exact) mass is 182 g/mol. The van der Waals surface area contributed by atoms with Crippen LogP contribution in [0.15, 0.2) is 12.4 Å². The van der Waals surface area contributed by atoms with E-state index in [1.54, 1.807) is 0 Å². The lowest BCUT2D eigenvalue weighted by atomic mass is 10.3. The Hall–Kier alpha value is -0.660. The summed E-state index contributed by atoms with van der Waals surface area (Å²) >= 11 is 0. The van der Waals surface area contributed by atoms with Gasteiger partial charge in [0.15, 0.2) is 0 Å². The second-order valence-corrected chi connectivity index (χ2v) is 3.77. The molecule has 0 saturated carbocycles. The molecular formula is C11H22N2. The van der Waals surface area contributed by atoms with E-state index in [4.69, 9.17) is 0 Å². The minimum Gasteiger partial charge on any atom is -0.359 e. The van der Waals surface area contributed by atoms with Gasteiger partial charge < -0.3 is 9.80 Å². The van der Waals surface area contributed by atoms with E-state index >= 15 is 0 Å². The van der Waals surface area contributed by atoms with Crippen molar-refractivity contribution < 1.29 is 0 Å². The fraction of sp³-hybridized carbons (Fsp3) is 0.818. The van der Waals surface area contributed by atoms with Gasteiger partial charge in [-0.3, -0.25) is 0 Å². The SMILES string of the molecule is CCCCN1C=CN(CCCC)C1. The molecule has 0 aromatic rings. The second-order valence-electron chi connectivity index (χ2n) is 3.77. The first kappa shape index (κ1) is 10.4. The topological polar surface area (TPSA) is 6.48 Å². The zero-order valence-electron chi connectivity index (χ0n) is 9.00. The number of rotatable bonds is 6. The van der Waals surface area contributed by atoms with Gasteiger partial charge in [-0.15, -0.1) is 0 Å². The standard InChI is InChI=1S/C11H22N2/c1-3-5-7-12-9-10-13(11-12)8-6-4-2/h9-10H,3-8,11H2,1-2H3. The Morgan fingerprint density at radius 1 is 0.923 bits per heavy atom. The molecule has 0 N–H and O–H groups in total. The molecule has 0 aliphatic carbocycles. The molecule has 0 unspecified atom stereocenters. The molecule has 0 bridgehead atoms. The first-order chi connectivity index (χ1) is 6.36. The maximum Gasteiger partial charge on any atom is 0.0893 e. The van der Waals surface area contributed by atoms with E-state index in [1.165, 1.54) is 38.8 Å². The van der Waals surface area contributed by atoms with E-state index in [0.717, 1.165) is 6.67 Å². The third kappa shape index (κ3) is 3.71. The third-order valence-corrected chi connectivity index (χ3v) is 2.45. The molecule has 0 fully saturated rings. The molecule has 0 radical (unpaired) electrons. The Bertz CT molecular complexity index is 138. The summed E-state index contributed by atoms with van der Waals surface area (Å²) in [6.07, 6.45) is 9.66. The molecular weight excluding hydrogens is 160 g/mol. The zero-order valence-corrected chi connectivity index (χ0v) is 9.00. The molecule has 1 heterocycles. The van der Waals surface area contributed by atoms with E-state index in [0.29, 0.717) is 0 Å². The lowest BCUT2D eigenvalue weighted by Gasteiger charge is -2.20. The van der Waals surface area contributed by atoms with Crippen LogP contribution in [0.5, 0.6) is 0 Å². The smallest absolute Gasteiger partial charge is 0.0893 e. The first-order valence-corrected chi connectivity index (χ1v) is 5.53. The molecule has 0 aromatic carbocycles. The summed E-state index contributed by atoms with van der Waals surface area (Å²) in [5.41, 5.74) is 0. The molecule has 1 rings (SSSR count). The highest BCUT2D eigenvalue weighted by molar-refractivity contribution is 4.90. The fourth-order valence-corrected chi connectivity index (χ4v) is 1.53. The van der Waals surface area contributed by atoms with Crippen LogP contribution in [0.3, 0.4) is 0 Å². The van der Waals surface area contributed by atoms with Crippen LogP contribution in [0.4, 0.5) is 0 Å². The van der Waals surface area contributed by atoms with Crippen molar-refractivity contribution in [3.63, 3.8) is 0 Å². The normalized spacial score (nSPS) is 15.8. The Morgan fingerprint density at radius 2 is 1.38 bits per heavy atom. The zero-order chi connectivity index (χ0) is 9.52. The molecule has 0 atom stereocenters. The van der Waals surface area contributed by atoms with Crippen molar-refractivity contribution in [2.45, 2.75) is 39.5 Å². The van der Waals surface area contributed by atoms with Gasteiger partial charge in [0, 0.05) is 25.5 Å². The lowest BCUT2D eigenvalue weighted by Crippen LogP contribution is -2.26. The van der Waals surface area contributed by atoms with Gasteiger partial charge in [0.25, 0.3) is 0 Å². The molecule has 0 spiro atoms. The van der Waals surface area contributed by atoms with Crippen molar-refractivity contribution in [1.82, 2.24) is 9.80 Å². The van der Waals surface area contributed by atoms with Crippen molar-refractivity contribution in [3.8, 4) is 0 Å². The summed E-state index contributed by atoms with van der Waals surface area (Å²) < 4.78 is 0. The average molecular weight is 182 g/mol. The summed E-state index contributed by atoms with van der Waals surface area (Å²) in [5, 5.41) is 0. The third-order valence-electron chi connectivity index (χ3n) is 2.45. The summed E-state index contributed by atoms with van der Waals surface area (Å²) in [6.45, 7) is 8.04. The van der Waals surface area contributed by atoms with Gasteiger partial charge >= 0.3 is 0 Å². The Balaban J connectivity index is 2.10. The van der Waals surface area contributed by atoms with E-state index in [-0.39, 0.29) is 0 Å². The minimum atomic E-state index is 1.11. The predicted molar refractivity (Wildman–Crippen MR) is 57.2 cm³/mol. The largest absolute Gasteiger partial charge is 0.359 e. The molecule has 76 valence electrons. The Morgan fingerprint density at radius 3 is 1.77 bits per heavy atom. The molecule has 0 amide bonds. The quantitative estimate of drug-likeness (QED) is 0.623. The summed E-state index contributed by atoms with van der Waals surface area (Å²) in [6, 6.07) is 0. The van der Waals surface area contributed by atoms with Crippen molar-refractivity contribution in [3.05, 3.63) is 12.4 Å². The van der Waals surface area contributed by atoms with Crippen LogP contribution in [0.2, 0.25) is 0 Å². The maximum absolute atomic E-state index is 2.40. The molecule has 13 heavy (non-hydrogen) atoms. The molecule has 0 saturated heterocycles. The van der Waals surface area contributed by atoms with Crippen LogP contribution >= 0.6 is 0 Å². The van der Waals surface area contributed by atoms with E-state index in [1.807, 2.05) is 0 Å². The molecule has 2 nitrogen and oxygen atoms in total. The van der Waals surface area contributed by atoms with Crippen molar-refractivity contribution in [2.24, 2.45) is 0 Å². The summed E-state index contributed by atoms with van der Waals surface area (Å²) in [5.74, 6) is 0. The molecule has 0 aromatic heterocycles. The second kappa shape index (κ2) is 5.90. The highest BCUT2D eigenvalue weighted by Gasteiger charge is 2.09. The van der Waals surface area contributed by atoms with Crippen LogP contribution in [-0.2, 0) is 0 Å². The fourth-order valence-electron chi connectivity index (χ4n) is 1.53. The number of hydrogen-bond acceptors (Lipinski definition) is 2.